The van der Waals surface area contributed by atoms with E-state index in [1.165, 1.54) is 0 Å². The number of guanidine groups is 1. The molecule has 0 bridgehead atoms. The first-order chi connectivity index (χ1) is 13.4. The largest absolute Gasteiger partial charge is 0.444 e. The van der Waals surface area contributed by atoms with Gasteiger partial charge in [0.25, 0.3) is 0 Å². The highest BCUT2D eigenvalue weighted by Gasteiger charge is 2.15. The standard InChI is InChI=1S/C21H36N4O3.HI/c1-6-22-19(23-13-10-14-24-20(26)28-21(3,4)5)25-15-17-11-8-9-12-18(17)16-27-7-2;/h8-9,11-12H,6-7,10,13-16H2,1-5H3,(H,24,26)(H2,22,23,25);1H. The van der Waals surface area contributed by atoms with Crippen molar-refractivity contribution in [2.45, 2.75) is 59.8 Å². The SMILES string of the molecule is CCNC(=NCc1ccccc1COCC)NCCCNC(=O)OC(C)(C)C.I. The molecule has 166 valence electrons. The van der Waals surface area contributed by atoms with Crippen LogP contribution in [0.4, 0.5) is 4.79 Å². The van der Waals surface area contributed by atoms with Crippen LogP contribution >= 0.6 is 24.0 Å². The van der Waals surface area contributed by atoms with Gasteiger partial charge < -0.3 is 25.4 Å². The fourth-order valence-electron chi connectivity index (χ4n) is 2.37. The number of nitrogens with one attached hydrogen (secondary N) is 3. The molecule has 7 nitrogen and oxygen atoms in total. The van der Waals surface area contributed by atoms with Crippen LogP contribution in [0.2, 0.25) is 0 Å². The van der Waals surface area contributed by atoms with Gasteiger partial charge in [0, 0.05) is 26.2 Å². The van der Waals surface area contributed by atoms with Gasteiger partial charge in [-0.3, -0.25) is 0 Å². The highest BCUT2D eigenvalue weighted by atomic mass is 127. The lowest BCUT2D eigenvalue weighted by Gasteiger charge is -2.19. The van der Waals surface area contributed by atoms with E-state index < -0.39 is 5.60 Å². The molecule has 0 aromatic heterocycles. The number of benzene rings is 1. The third kappa shape index (κ3) is 13.3. The quantitative estimate of drug-likeness (QED) is 0.189. The number of hydrogen-bond acceptors (Lipinski definition) is 4. The van der Waals surface area contributed by atoms with Gasteiger partial charge in [-0.25, -0.2) is 9.79 Å². The summed E-state index contributed by atoms with van der Waals surface area (Å²) >= 11 is 0. The molecule has 0 heterocycles. The molecule has 0 radical (unpaired) electrons. The predicted molar refractivity (Wildman–Crippen MR) is 129 cm³/mol. The Balaban J connectivity index is 0.00000784. The minimum Gasteiger partial charge on any atom is -0.444 e. The van der Waals surface area contributed by atoms with Gasteiger partial charge in [0.2, 0.25) is 0 Å². The first kappa shape index (κ1) is 27.5. The van der Waals surface area contributed by atoms with Crippen LogP contribution in [0.1, 0.15) is 52.2 Å². The Morgan fingerprint density at radius 3 is 2.31 bits per heavy atom. The second kappa shape index (κ2) is 15.3. The topological polar surface area (TPSA) is 84.0 Å². The molecule has 1 aromatic rings. The summed E-state index contributed by atoms with van der Waals surface area (Å²) in [5.74, 6) is 0.756. The van der Waals surface area contributed by atoms with Crippen molar-refractivity contribution in [1.29, 1.82) is 0 Å². The molecule has 0 aliphatic rings. The lowest BCUT2D eigenvalue weighted by Crippen LogP contribution is -2.39. The van der Waals surface area contributed by atoms with Crippen LogP contribution in [-0.4, -0.2) is 43.9 Å². The van der Waals surface area contributed by atoms with Crippen LogP contribution in [0.3, 0.4) is 0 Å². The normalized spacial score (nSPS) is 11.4. The summed E-state index contributed by atoms with van der Waals surface area (Å²) in [6.45, 7) is 13.5. The van der Waals surface area contributed by atoms with E-state index in [4.69, 9.17) is 9.47 Å². The van der Waals surface area contributed by atoms with Crippen LogP contribution in [0, 0.1) is 0 Å². The third-order valence-corrected chi connectivity index (χ3v) is 3.65. The summed E-state index contributed by atoms with van der Waals surface area (Å²) in [6.07, 6.45) is 0.379. The molecule has 0 fully saturated rings. The van der Waals surface area contributed by atoms with E-state index in [2.05, 4.69) is 33.1 Å². The number of rotatable bonds is 10. The van der Waals surface area contributed by atoms with Crippen LogP contribution in [0.25, 0.3) is 0 Å². The highest BCUT2D eigenvalue weighted by Crippen LogP contribution is 2.11. The molecule has 0 spiro atoms. The molecule has 0 saturated carbocycles. The van der Waals surface area contributed by atoms with Gasteiger partial charge in [0.1, 0.15) is 5.60 Å². The van der Waals surface area contributed by atoms with Crippen LogP contribution in [-0.2, 0) is 22.6 Å². The molecule has 0 aliphatic carbocycles. The van der Waals surface area contributed by atoms with E-state index in [1.54, 1.807) is 0 Å². The molecule has 3 N–H and O–H groups in total. The molecule has 0 atom stereocenters. The van der Waals surface area contributed by atoms with Crippen molar-refractivity contribution < 1.29 is 14.3 Å². The molecule has 1 rings (SSSR count). The number of halogens is 1. The second-order valence-corrected chi connectivity index (χ2v) is 7.31. The predicted octanol–water partition coefficient (Wildman–Crippen LogP) is 3.81. The molecule has 0 saturated heterocycles. The number of alkyl carbamates (subject to hydrolysis) is 1. The maximum absolute atomic E-state index is 11.6. The summed E-state index contributed by atoms with van der Waals surface area (Å²) in [6, 6.07) is 8.18. The Morgan fingerprint density at radius 1 is 1.03 bits per heavy atom. The number of aliphatic imine (C=N–C) groups is 1. The smallest absolute Gasteiger partial charge is 0.407 e. The Labute approximate surface area is 192 Å². The fourth-order valence-corrected chi connectivity index (χ4v) is 2.37. The van der Waals surface area contributed by atoms with E-state index in [0.29, 0.717) is 32.8 Å². The highest BCUT2D eigenvalue weighted by molar-refractivity contribution is 14.0. The summed E-state index contributed by atoms with van der Waals surface area (Å²) in [7, 11) is 0. The van der Waals surface area contributed by atoms with Crippen molar-refractivity contribution in [2.24, 2.45) is 4.99 Å². The van der Waals surface area contributed by atoms with Gasteiger partial charge in [-0.2, -0.15) is 0 Å². The van der Waals surface area contributed by atoms with Crippen molar-refractivity contribution in [2.75, 3.05) is 26.2 Å². The Hall–Kier alpha value is -1.55. The molecular formula is C21H37IN4O3. The zero-order chi connectivity index (χ0) is 20.8. The van der Waals surface area contributed by atoms with Gasteiger partial charge in [-0.15, -0.1) is 24.0 Å². The maximum Gasteiger partial charge on any atom is 0.407 e. The van der Waals surface area contributed by atoms with E-state index >= 15 is 0 Å². The van der Waals surface area contributed by atoms with E-state index in [-0.39, 0.29) is 30.1 Å². The second-order valence-electron chi connectivity index (χ2n) is 7.31. The maximum atomic E-state index is 11.6. The first-order valence-corrected chi connectivity index (χ1v) is 9.99. The lowest BCUT2D eigenvalue weighted by atomic mass is 10.1. The number of carbonyl (C=O) groups is 1. The molecule has 0 aliphatic heterocycles. The summed E-state index contributed by atoms with van der Waals surface area (Å²) in [5, 5.41) is 9.29. The average Bonchev–Trinajstić information content (AvgIpc) is 2.63. The molecule has 1 aromatic carbocycles. The van der Waals surface area contributed by atoms with Crippen molar-refractivity contribution >= 4 is 36.0 Å². The van der Waals surface area contributed by atoms with E-state index in [0.717, 1.165) is 30.1 Å². The van der Waals surface area contributed by atoms with E-state index in [1.807, 2.05) is 46.8 Å². The van der Waals surface area contributed by atoms with Crippen molar-refractivity contribution in [3.63, 3.8) is 0 Å². The molecule has 8 heteroatoms. The van der Waals surface area contributed by atoms with Gasteiger partial charge in [-0.05, 0) is 52.2 Å². The monoisotopic (exact) mass is 520 g/mol. The zero-order valence-electron chi connectivity index (χ0n) is 18.3. The zero-order valence-corrected chi connectivity index (χ0v) is 20.7. The molecule has 1 amide bonds. The number of hydrogen-bond donors (Lipinski definition) is 3. The minimum absolute atomic E-state index is 0. The van der Waals surface area contributed by atoms with Crippen LogP contribution in [0.15, 0.2) is 29.3 Å². The van der Waals surface area contributed by atoms with Crippen molar-refractivity contribution in [3.05, 3.63) is 35.4 Å². The number of carbonyl (C=O) groups excluding carboxylic acids is 1. The molecular weight excluding hydrogens is 483 g/mol. The Morgan fingerprint density at radius 2 is 1.69 bits per heavy atom. The van der Waals surface area contributed by atoms with Crippen molar-refractivity contribution in [3.8, 4) is 0 Å². The Kier molecular flexibility index (Phi) is 14.5. The number of ether oxygens (including phenoxy) is 2. The van der Waals surface area contributed by atoms with Crippen LogP contribution < -0.4 is 16.0 Å². The summed E-state index contributed by atoms with van der Waals surface area (Å²) in [4.78, 5) is 16.3. The number of amides is 1. The van der Waals surface area contributed by atoms with Gasteiger partial charge in [0.05, 0.1) is 13.2 Å². The average molecular weight is 520 g/mol. The minimum atomic E-state index is -0.480. The summed E-state index contributed by atoms with van der Waals surface area (Å²) in [5.41, 5.74) is 1.83. The van der Waals surface area contributed by atoms with Crippen LogP contribution in [0.5, 0.6) is 0 Å². The Bertz CT molecular complexity index is 618. The number of nitrogens with zero attached hydrogens (tertiary/aromatic N) is 1. The van der Waals surface area contributed by atoms with Gasteiger partial charge >= 0.3 is 6.09 Å². The van der Waals surface area contributed by atoms with Gasteiger partial charge in [-0.1, -0.05) is 24.3 Å². The van der Waals surface area contributed by atoms with E-state index in [9.17, 15) is 4.79 Å². The first-order valence-electron chi connectivity index (χ1n) is 9.99. The fraction of sp³-hybridized carbons (Fsp3) is 0.619. The third-order valence-electron chi connectivity index (χ3n) is 3.65. The van der Waals surface area contributed by atoms with Gasteiger partial charge in [0.15, 0.2) is 5.96 Å². The molecule has 29 heavy (non-hydrogen) atoms. The lowest BCUT2D eigenvalue weighted by molar-refractivity contribution is 0.0527. The van der Waals surface area contributed by atoms with Crippen molar-refractivity contribution in [1.82, 2.24) is 16.0 Å². The molecule has 0 unspecified atom stereocenters. The summed E-state index contributed by atoms with van der Waals surface area (Å²) < 4.78 is 10.7.